The fourth-order valence-corrected chi connectivity index (χ4v) is 1.81. The van der Waals surface area contributed by atoms with E-state index < -0.39 is 0 Å². The Balaban J connectivity index is 1.96. The van der Waals surface area contributed by atoms with Crippen LogP contribution in [0.5, 0.6) is 0 Å². The number of anilines is 1. The fraction of sp³-hybridized carbons (Fsp3) is 0. The Labute approximate surface area is 109 Å². The molecule has 0 aliphatic rings. The van der Waals surface area contributed by atoms with Crippen molar-refractivity contribution in [3.8, 4) is 0 Å². The minimum Gasteiger partial charge on any atom is -0.317 e. The number of aromatic nitrogens is 3. The van der Waals surface area contributed by atoms with Crippen LogP contribution < -0.4 is 5.32 Å². The van der Waals surface area contributed by atoms with Gasteiger partial charge in [0.2, 0.25) is 5.82 Å². The summed E-state index contributed by atoms with van der Waals surface area (Å²) in [5.41, 5.74) is 0.649. The molecule has 0 unspecified atom stereocenters. The van der Waals surface area contributed by atoms with E-state index in [2.05, 4.69) is 20.3 Å². The molecule has 3 aromatic rings. The third-order valence-corrected chi connectivity index (χ3v) is 2.69. The molecule has 3 rings (SSSR count). The van der Waals surface area contributed by atoms with Crippen LogP contribution in [0.25, 0.3) is 10.8 Å². The minimum atomic E-state index is -0.348. The van der Waals surface area contributed by atoms with Gasteiger partial charge in [-0.2, -0.15) is 0 Å². The molecule has 0 spiro atoms. The molecule has 0 saturated carbocycles. The Kier molecular flexibility index (Phi) is 2.86. The predicted octanol–water partition coefficient (Wildman–Crippen LogP) is 2.28. The molecule has 0 aliphatic carbocycles. The molecule has 1 amide bonds. The van der Waals surface area contributed by atoms with Crippen LogP contribution in [0.2, 0.25) is 0 Å². The molecular formula is C14H10N4O. The smallest absolute Gasteiger partial charge is 0.293 e. The zero-order valence-corrected chi connectivity index (χ0v) is 9.95. The van der Waals surface area contributed by atoms with E-state index in [1.807, 2.05) is 24.3 Å². The number of fused-ring (bicyclic) bond motifs is 1. The van der Waals surface area contributed by atoms with Crippen molar-refractivity contribution >= 4 is 22.4 Å². The predicted molar refractivity (Wildman–Crippen MR) is 71.7 cm³/mol. The van der Waals surface area contributed by atoms with E-state index in [1.54, 1.807) is 18.5 Å². The maximum absolute atomic E-state index is 12.0. The number of carbonyl (C=O) groups is 1. The number of pyridine rings is 1. The van der Waals surface area contributed by atoms with Gasteiger partial charge < -0.3 is 5.32 Å². The van der Waals surface area contributed by atoms with Gasteiger partial charge in [0.15, 0.2) is 0 Å². The second-order valence-electron chi connectivity index (χ2n) is 3.93. The van der Waals surface area contributed by atoms with Crippen LogP contribution in [0.15, 0.2) is 55.1 Å². The molecule has 0 fully saturated rings. The lowest BCUT2D eigenvalue weighted by Gasteiger charge is -2.06. The van der Waals surface area contributed by atoms with Crippen molar-refractivity contribution in [2.75, 3.05) is 5.32 Å². The Morgan fingerprint density at radius 2 is 1.79 bits per heavy atom. The molecule has 2 heterocycles. The first-order valence-electron chi connectivity index (χ1n) is 5.76. The number of amides is 1. The Morgan fingerprint density at radius 1 is 1.00 bits per heavy atom. The van der Waals surface area contributed by atoms with E-state index in [0.29, 0.717) is 5.69 Å². The van der Waals surface area contributed by atoms with Crippen LogP contribution in [0.3, 0.4) is 0 Å². The SMILES string of the molecule is O=C(Nc1cncc2ccccc12)c1ncccn1. The Morgan fingerprint density at radius 3 is 2.63 bits per heavy atom. The van der Waals surface area contributed by atoms with E-state index in [9.17, 15) is 4.79 Å². The van der Waals surface area contributed by atoms with Crippen LogP contribution in [0.1, 0.15) is 10.6 Å². The van der Waals surface area contributed by atoms with Crippen molar-refractivity contribution in [3.05, 3.63) is 60.9 Å². The Hall–Kier alpha value is -2.82. The standard InChI is InChI=1S/C14H10N4O/c19-14(13-16-6-3-7-17-13)18-12-9-15-8-10-4-1-2-5-11(10)12/h1-9H,(H,18,19). The highest BCUT2D eigenvalue weighted by Crippen LogP contribution is 2.21. The number of carbonyl (C=O) groups excluding carboxylic acids is 1. The molecular weight excluding hydrogens is 240 g/mol. The summed E-state index contributed by atoms with van der Waals surface area (Å²) in [5.74, 6) is -0.214. The summed E-state index contributed by atoms with van der Waals surface area (Å²) in [5, 5.41) is 4.67. The summed E-state index contributed by atoms with van der Waals surface area (Å²) >= 11 is 0. The summed E-state index contributed by atoms with van der Waals surface area (Å²) in [6.45, 7) is 0. The number of nitrogens with one attached hydrogen (secondary N) is 1. The second-order valence-corrected chi connectivity index (χ2v) is 3.93. The molecule has 0 saturated heterocycles. The maximum Gasteiger partial charge on any atom is 0.293 e. The highest BCUT2D eigenvalue weighted by Gasteiger charge is 2.10. The lowest BCUT2D eigenvalue weighted by Crippen LogP contribution is -2.15. The van der Waals surface area contributed by atoms with Gasteiger partial charge in [0.25, 0.3) is 5.91 Å². The van der Waals surface area contributed by atoms with Crippen molar-refractivity contribution in [2.24, 2.45) is 0 Å². The van der Waals surface area contributed by atoms with E-state index in [-0.39, 0.29) is 11.7 Å². The molecule has 0 bridgehead atoms. The highest BCUT2D eigenvalue weighted by atomic mass is 16.2. The van der Waals surface area contributed by atoms with Gasteiger partial charge in [-0.15, -0.1) is 0 Å². The van der Waals surface area contributed by atoms with E-state index in [1.165, 1.54) is 12.4 Å². The van der Waals surface area contributed by atoms with E-state index >= 15 is 0 Å². The minimum absolute atomic E-state index is 0.135. The Bertz CT molecular complexity index is 722. The summed E-state index contributed by atoms with van der Waals surface area (Å²) in [6, 6.07) is 9.37. The molecule has 0 atom stereocenters. The quantitative estimate of drug-likeness (QED) is 0.757. The monoisotopic (exact) mass is 250 g/mol. The third kappa shape index (κ3) is 2.26. The number of rotatable bonds is 2. The molecule has 1 N–H and O–H groups in total. The van der Waals surface area contributed by atoms with Gasteiger partial charge >= 0.3 is 0 Å². The summed E-state index contributed by atoms with van der Waals surface area (Å²) in [6.07, 6.45) is 6.43. The van der Waals surface area contributed by atoms with Gasteiger partial charge in [0.05, 0.1) is 11.9 Å². The number of hydrogen-bond acceptors (Lipinski definition) is 4. The molecule has 19 heavy (non-hydrogen) atoms. The summed E-state index contributed by atoms with van der Waals surface area (Å²) in [7, 11) is 0. The lowest BCUT2D eigenvalue weighted by molar-refractivity contribution is 0.101. The molecule has 5 nitrogen and oxygen atoms in total. The molecule has 0 aliphatic heterocycles. The topological polar surface area (TPSA) is 67.8 Å². The number of nitrogens with zero attached hydrogens (tertiary/aromatic N) is 3. The average Bonchev–Trinajstić information content (AvgIpc) is 2.48. The van der Waals surface area contributed by atoms with Crippen molar-refractivity contribution < 1.29 is 4.79 Å². The van der Waals surface area contributed by atoms with Gasteiger partial charge in [0, 0.05) is 29.4 Å². The first-order valence-corrected chi connectivity index (χ1v) is 5.76. The van der Waals surface area contributed by atoms with Gasteiger partial charge in [-0.05, 0) is 6.07 Å². The maximum atomic E-state index is 12.0. The molecule has 2 aromatic heterocycles. The lowest BCUT2D eigenvalue weighted by atomic mass is 10.1. The fourth-order valence-electron chi connectivity index (χ4n) is 1.81. The van der Waals surface area contributed by atoms with Gasteiger partial charge in [-0.25, -0.2) is 9.97 Å². The van der Waals surface area contributed by atoms with Gasteiger partial charge in [-0.1, -0.05) is 24.3 Å². The van der Waals surface area contributed by atoms with Crippen molar-refractivity contribution in [3.63, 3.8) is 0 Å². The molecule has 5 heteroatoms. The van der Waals surface area contributed by atoms with Crippen LogP contribution in [-0.4, -0.2) is 20.9 Å². The normalized spacial score (nSPS) is 10.3. The largest absolute Gasteiger partial charge is 0.317 e. The second kappa shape index (κ2) is 4.81. The summed E-state index contributed by atoms with van der Waals surface area (Å²) in [4.78, 5) is 23.9. The number of benzene rings is 1. The summed E-state index contributed by atoms with van der Waals surface area (Å²) < 4.78 is 0. The third-order valence-electron chi connectivity index (χ3n) is 2.69. The van der Waals surface area contributed by atoms with Crippen LogP contribution >= 0.6 is 0 Å². The first kappa shape index (κ1) is 11.3. The van der Waals surface area contributed by atoms with Crippen molar-refractivity contribution in [2.45, 2.75) is 0 Å². The van der Waals surface area contributed by atoms with Crippen LogP contribution in [0, 0.1) is 0 Å². The molecule has 92 valence electrons. The molecule has 0 radical (unpaired) electrons. The first-order chi connectivity index (χ1) is 9.34. The van der Waals surface area contributed by atoms with Gasteiger partial charge in [0.1, 0.15) is 0 Å². The van der Waals surface area contributed by atoms with Crippen molar-refractivity contribution in [1.82, 2.24) is 15.0 Å². The highest BCUT2D eigenvalue weighted by molar-refractivity contribution is 6.06. The van der Waals surface area contributed by atoms with E-state index in [0.717, 1.165) is 10.8 Å². The zero-order valence-electron chi connectivity index (χ0n) is 9.95. The van der Waals surface area contributed by atoms with E-state index in [4.69, 9.17) is 0 Å². The van der Waals surface area contributed by atoms with Crippen LogP contribution in [0.4, 0.5) is 5.69 Å². The van der Waals surface area contributed by atoms with Crippen molar-refractivity contribution in [1.29, 1.82) is 0 Å². The molecule has 1 aromatic carbocycles. The van der Waals surface area contributed by atoms with Gasteiger partial charge in [-0.3, -0.25) is 9.78 Å². The number of hydrogen-bond donors (Lipinski definition) is 1. The van der Waals surface area contributed by atoms with Crippen LogP contribution in [-0.2, 0) is 0 Å². The average molecular weight is 250 g/mol. The zero-order chi connectivity index (χ0) is 13.1.